The molecule has 1 heteroatoms. The lowest BCUT2D eigenvalue weighted by atomic mass is 9.93. The second-order valence-electron chi connectivity index (χ2n) is 3.22. The fourth-order valence-corrected chi connectivity index (χ4v) is 2.68. The molecule has 1 atom stereocenters. The molecule has 0 spiro atoms. The first-order chi connectivity index (χ1) is 5.30. The monoisotopic (exact) mass is 174 g/mol. The minimum atomic E-state index is 0.915. The molecule has 0 radical (unpaired) electrons. The van der Waals surface area contributed by atoms with E-state index in [0.717, 1.165) is 11.8 Å². The topological polar surface area (TPSA) is 0 Å². The molecule has 0 amide bonds. The lowest BCUT2D eigenvalue weighted by molar-refractivity contribution is 0.389. The number of hydrogen-bond acceptors (Lipinski definition) is 1. The first-order valence-corrected chi connectivity index (χ1v) is 6.04. The van der Waals surface area contributed by atoms with E-state index in [1.807, 2.05) is 13.8 Å². The summed E-state index contributed by atoms with van der Waals surface area (Å²) in [4.78, 5) is 0. The summed E-state index contributed by atoms with van der Waals surface area (Å²) in [6.07, 6.45) is 2.93. The third-order valence-corrected chi connectivity index (χ3v) is 3.38. The van der Waals surface area contributed by atoms with Crippen LogP contribution in [0.3, 0.4) is 0 Å². The molecule has 0 saturated carbocycles. The molecule has 0 aromatic carbocycles. The molecule has 1 aliphatic rings. The maximum absolute atomic E-state index is 2.34. The molecule has 1 rings (SSSR count). The highest BCUT2D eigenvalue weighted by Crippen LogP contribution is 2.27. The molecule has 1 heterocycles. The van der Waals surface area contributed by atoms with Gasteiger partial charge in [-0.1, -0.05) is 27.7 Å². The van der Waals surface area contributed by atoms with Gasteiger partial charge < -0.3 is 0 Å². The Hall–Kier alpha value is 0.350. The van der Waals surface area contributed by atoms with Gasteiger partial charge >= 0.3 is 0 Å². The summed E-state index contributed by atoms with van der Waals surface area (Å²) in [5.74, 6) is 4.75. The van der Waals surface area contributed by atoms with Crippen molar-refractivity contribution in [3.8, 4) is 0 Å². The molecule has 0 N–H and O–H groups in total. The van der Waals surface area contributed by atoms with Gasteiger partial charge in [-0.25, -0.2) is 0 Å². The third-order valence-electron chi connectivity index (χ3n) is 2.14. The van der Waals surface area contributed by atoms with Crippen molar-refractivity contribution in [2.24, 2.45) is 11.8 Å². The Balaban J connectivity index is 0.000000461. The molecular formula is C10H22S. The van der Waals surface area contributed by atoms with E-state index in [2.05, 4.69) is 25.6 Å². The maximum Gasteiger partial charge on any atom is -0.00367 e. The van der Waals surface area contributed by atoms with Gasteiger partial charge in [-0.2, -0.15) is 11.8 Å². The Kier molecular flexibility index (Phi) is 7.25. The van der Waals surface area contributed by atoms with Crippen molar-refractivity contribution >= 4 is 11.8 Å². The minimum absolute atomic E-state index is 0.915. The largest absolute Gasteiger partial charge is 0.162 e. The van der Waals surface area contributed by atoms with Crippen molar-refractivity contribution in [2.45, 2.75) is 40.5 Å². The Labute approximate surface area is 76.1 Å². The van der Waals surface area contributed by atoms with E-state index in [0.29, 0.717) is 0 Å². The van der Waals surface area contributed by atoms with Crippen molar-refractivity contribution in [3.05, 3.63) is 0 Å². The molecule has 1 aliphatic heterocycles. The highest BCUT2D eigenvalue weighted by atomic mass is 32.2. The van der Waals surface area contributed by atoms with Crippen molar-refractivity contribution in [3.63, 3.8) is 0 Å². The fourth-order valence-electron chi connectivity index (χ4n) is 1.29. The van der Waals surface area contributed by atoms with E-state index >= 15 is 0 Å². The average Bonchev–Trinajstić information content (AvgIpc) is 2.10. The van der Waals surface area contributed by atoms with Crippen LogP contribution in [0.25, 0.3) is 0 Å². The summed E-state index contributed by atoms with van der Waals surface area (Å²) >= 11 is 2.13. The predicted octanol–water partition coefficient (Wildman–Crippen LogP) is 3.81. The Morgan fingerprint density at radius 3 is 2.18 bits per heavy atom. The smallest absolute Gasteiger partial charge is 0.00367 e. The van der Waals surface area contributed by atoms with Gasteiger partial charge in [-0.15, -0.1) is 0 Å². The van der Waals surface area contributed by atoms with Crippen LogP contribution in [0.15, 0.2) is 0 Å². The SMILES string of the molecule is CC.CC(C)C1CCCSC1. The lowest BCUT2D eigenvalue weighted by Crippen LogP contribution is -2.15. The van der Waals surface area contributed by atoms with Gasteiger partial charge in [0.2, 0.25) is 0 Å². The van der Waals surface area contributed by atoms with E-state index in [1.54, 1.807) is 0 Å². The van der Waals surface area contributed by atoms with E-state index in [9.17, 15) is 0 Å². The van der Waals surface area contributed by atoms with Crippen LogP contribution in [-0.2, 0) is 0 Å². The summed E-state index contributed by atoms with van der Waals surface area (Å²) in [7, 11) is 0. The predicted molar refractivity (Wildman–Crippen MR) is 56.2 cm³/mol. The molecule has 0 aromatic heterocycles. The molecule has 11 heavy (non-hydrogen) atoms. The summed E-state index contributed by atoms with van der Waals surface area (Å²) in [5, 5.41) is 0. The zero-order chi connectivity index (χ0) is 8.69. The van der Waals surface area contributed by atoms with Crippen LogP contribution in [0.2, 0.25) is 0 Å². The molecule has 0 aliphatic carbocycles. The van der Waals surface area contributed by atoms with Gasteiger partial charge in [-0.05, 0) is 36.2 Å². The Morgan fingerprint density at radius 2 is 1.91 bits per heavy atom. The summed E-state index contributed by atoms with van der Waals surface area (Å²) in [5.41, 5.74) is 0. The van der Waals surface area contributed by atoms with Crippen molar-refractivity contribution in [1.29, 1.82) is 0 Å². The molecule has 1 fully saturated rings. The molecule has 0 aromatic rings. The van der Waals surface area contributed by atoms with Crippen molar-refractivity contribution in [1.82, 2.24) is 0 Å². The lowest BCUT2D eigenvalue weighted by Gasteiger charge is -2.24. The standard InChI is InChI=1S/C8H16S.C2H6/c1-7(2)8-4-3-5-9-6-8;1-2/h7-8H,3-6H2,1-2H3;1-2H3. The van der Waals surface area contributed by atoms with Crippen LogP contribution in [0.4, 0.5) is 0 Å². The molecule has 0 bridgehead atoms. The van der Waals surface area contributed by atoms with Crippen LogP contribution in [0.1, 0.15) is 40.5 Å². The van der Waals surface area contributed by atoms with Crippen LogP contribution in [0.5, 0.6) is 0 Å². The van der Waals surface area contributed by atoms with Crippen LogP contribution in [-0.4, -0.2) is 11.5 Å². The molecule has 1 unspecified atom stereocenters. The second-order valence-corrected chi connectivity index (χ2v) is 4.37. The van der Waals surface area contributed by atoms with Gasteiger partial charge in [0.1, 0.15) is 0 Å². The van der Waals surface area contributed by atoms with Gasteiger partial charge in [0.05, 0.1) is 0 Å². The normalized spacial score (nSPS) is 24.3. The van der Waals surface area contributed by atoms with Gasteiger partial charge in [0, 0.05) is 0 Å². The van der Waals surface area contributed by atoms with E-state index in [4.69, 9.17) is 0 Å². The van der Waals surface area contributed by atoms with Gasteiger partial charge in [-0.3, -0.25) is 0 Å². The van der Waals surface area contributed by atoms with E-state index in [1.165, 1.54) is 24.3 Å². The first kappa shape index (κ1) is 11.4. The molecule has 68 valence electrons. The number of thioether (sulfide) groups is 1. The van der Waals surface area contributed by atoms with Crippen LogP contribution in [0, 0.1) is 11.8 Å². The van der Waals surface area contributed by atoms with Crippen LogP contribution >= 0.6 is 11.8 Å². The molecule has 0 nitrogen and oxygen atoms in total. The summed E-state index contributed by atoms with van der Waals surface area (Å²) in [6.45, 7) is 8.69. The highest BCUT2D eigenvalue weighted by Gasteiger charge is 2.16. The van der Waals surface area contributed by atoms with Crippen molar-refractivity contribution in [2.75, 3.05) is 11.5 Å². The van der Waals surface area contributed by atoms with Crippen LogP contribution < -0.4 is 0 Å². The summed E-state index contributed by atoms with van der Waals surface area (Å²) in [6, 6.07) is 0. The zero-order valence-electron chi connectivity index (χ0n) is 8.39. The second kappa shape index (κ2) is 7.02. The third kappa shape index (κ3) is 4.73. The molecular weight excluding hydrogens is 152 g/mol. The highest BCUT2D eigenvalue weighted by molar-refractivity contribution is 7.99. The van der Waals surface area contributed by atoms with Gasteiger partial charge in [0.25, 0.3) is 0 Å². The zero-order valence-corrected chi connectivity index (χ0v) is 9.21. The Bertz CT molecular complexity index is 72.9. The fraction of sp³-hybridized carbons (Fsp3) is 1.00. The van der Waals surface area contributed by atoms with Gasteiger partial charge in [0.15, 0.2) is 0 Å². The average molecular weight is 174 g/mol. The summed E-state index contributed by atoms with van der Waals surface area (Å²) < 4.78 is 0. The number of hydrogen-bond donors (Lipinski definition) is 0. The van der Waals surface area contributed by atoms with E-state index < -0.39 is 0 Å². The molecule has 1 saturated heterocycles. The first-order valence-electron chi connectivity index (χ1n) is 4.88. The van der Waals surface area contributed by atoms with Crippen molar-refractivity contribution < 1.29 is 0 Å². The quantitative estimate of drug-likeness (QED) is 0.582. The minimum Gasteiger partial charge on any atom is -0.162 e. The van der Waals surface area contributed by atoms with E-state index in [-0.39, 0.29) is 0 Å². The number of rotatable bonds is 1. The Morgan fingerprint density at radius 1 is 1.27 bits per heavy atom. The maximum atomic E-state index is 2.34.